The molecule has 0 saturated carbocycles. The predicted molar refractivity (Wildman–Crippen MR) is 100 cm³/mol. The van der Waals surface area contributed by atoms with Crippen molar-refractivity contribution in [2.75, 3.05) is 27.1 Å². The minimum absolute atomic E-state index is 0.0208. The topological polar surface area (TPSA) is 139 Å². The van der Waals surface area contributed by atoms with Crippen molar-refractivity contribution >= 4 is 37.0 Å². The molecule has 0 bridgehead atoms. The fourth-order valence-corrected chi connectivity index (χ4v) is 4.49. The summed E-state index contributed by atoms with van der Waals surface area (Å²) in [7, 11) is -2.91. The Kier molecular flexibility index (Phi) is 7.89. The Morgan fingerprint density at radius 1 is 1.41 bits per heavy atom. The standard InChI is InChI=1S/C16H23N2O9PS/c1-10-12(29-8-18-10)15(21)24-9-26-28(22)25-7-16(2,3)13(27-28)14(20)17-6-5-11(19)23-4/h8,13H,5-7,9H2,1-4H3,(H,17,20)/t13-,28+/m0/s1. The highest BCUT2D eigenvalue weighted by atomic mass is 32.1. The number of hydrogen-bond acceptors (Lipinski definition) is 11. The van der Waals surface area contributed by atoms with E-state index in [-0.39, 0.29) is 19.6 Å². The van der Waals surface area contributed by atoms with E-state index in [1.807, 2.05) is 0 Å². The number of nitrogens with zero attached hydrogens (tertiary/aromatic N) is 1. The smallest absolute Gasteiger partial charge is 0.469 e. The summed E-state index contributed by atoms with van der Waals surface area (Å²) in [5, 5.41) is 2.52. The third-order valence-electron chi connectivity index (χ3n) is 3.96. The van der Waals surface area contributed by atoms with Crippen LogP contribution in [0, 0.1) is 12.3 Å². The normalized spacial score (nSPS) is 23.2. The number of phosphoric acid groups is 1. The Hall–Kier alpha value is -1.85. The molecule has 1 fully saturated rings. The van der Waals surface area contributed by atoms with Crippen LogP contribution in [0.25, 0.3) is 0 Å². The molecule has 2 rings (SSSR count). The summed E-state index contributed by atoms with van der Waals surface area (Å²) in [6.07, 6.45) is -1.19. The van der Waals surface area contributed by atoms with Crippen molar-refractivity contribution in [3.8, 4) is 0 Å². The van der Waals surface area contributed by atoms with Gasteiger partial charge in [-0.25, -0.2) is 18.9 Å². The third kappa shape index (κ3) is 6.31. The van der Waals surface area contributed by atoms with Crippen LogP contribution in [-0.4, -0.2) is 56.0 Å². The van der Waals surface area contributed by atoms with E-state index < -0.39 is 44.0 Å². The second kappa shape index (κ2) is 9.77. The molecule has 1 aromatic rings. The van der Waals surface area contributed by atoms with Crippen LogP contribution in [0.4, 0.5) is 0 Å². The van der Waals surface area contributed by atoms with Gasteiger partial charge in [0.25, 0.3) is 0 Å². The molecule has 1 N–H and O–H groups in total. The van der Waals surface area contributed by atoms with E-state index in [1.54, 1.807) is 20.8 Å². The second-order valence-corrected chi connectivity index (χ2v) is 9.23. The minimum Gasteiger partial charge on any atom is -0.469 e. The fraction of sp³-hybridized carbons (Fsp3) is 0.625. The third-order valence-corrected chi connectivity index (χ3v) is 6.21. The molecule has 0 unspecified atom stereocenters. The van der Waals surface area contributed by atoms with Crippen molar-refractivity contribution in [2.45, 2.75) is 33.3 Å². The predicted octanol–water partition coefficient (Wildman–Crippen LogP) is 1.81. The van der Waals surface area contributed by atoms with E-state index in [1.165, 1.54) is 12.6 Å². The lowest BCUT2D eigenvalue weighted by molar-refractivity contribution is -0.144. The van der Waals surface area contributed by atoms with Crippen molar-refractivity contribution in [1.29, 1.82) is 0 Å². The van der Waals surface area contributed by atoms with Crippen molar-refractivity contribution < 1.29 is 42.0 Å². The number of hydrogen-bond donors (Lipinski definition) is 1. The first kappa shape index (κ1) is 23.4. The molecule has 29 heavy (non-hydrogen) atoms. The Bertz CT molecular complexity index is 810. The maximum Gasteiger partial charge on any atom is 0.478 e. The van der Waals surface area contributed by atoms with Gasteiger partial charge < -0.3 is 14.8 Å². The lowest BCUT2D eigenvalue weighted by Gasteiger charge is -2.39. The molecule has 1 aromatic heterocycles. The molecule has 1 aliphatic heterocycles. The number of carbonyl (C=O) groups excluding carboxylic acids is 3. The molecule has 0 spiro atoms. The van der Waals surface area contributed by atoms with E-state index in [9.17, 15) is 18.9 Å². The quantitative estimate of drug-likeness (QED) is 0.354. The van der Waals surface area contributed by atoms with Gasteiger partial charge in [-0.3, -0.25) is 18.6 Å². The van der Waals surface area contributed by atoms with E-state index in [0.29, 0.717) is 10.6 Å². The highest BCUT2D eigenvalue weighted by molar-refractivity contribution is 7.48. The van der Waals surface area contributed by atoms with Gasteiger partial charge in [0.1, 0.15) is 4.88 Å². The highest BCUT2D eigenvalue weighted by Crippen LogP contribution is 2.57. The zero-order valence-corrected chi connectivity index (χ0v) is 18.2. The number of nitrogens with one attached hydrogen (secondary N) is 1. The Morgan fingerprint density at radius 2 is 2.14 bits per heavy atom. The van der Waals surface area contributed by atoms with Gasteiger partial charge in [0, 0.05) is 12.0 Å². The largest absolute Gasteiger partial charge is 0.478 e. The zero-order valence-electron chi connectivity index (χ0n) is 16.5. The molecule has 2 heterocycles. The van der Waals surface area contributed by atoms with Gasteiger partial charge in [-0.1, -0.05) is 13.8 Å². The average molecular weight is 450 g/mol. The summed E-state index contributed by atoms with van der Waals surface area (Å²) >= 11 is 1.10. The minimum atomic E-state index is -4.15. The van der Waals surface area contributed by atoms with Crippen molar-refractivity contribution in [3.05, 3.63) is 16.1 Å². The Balaban J connectivity index is 1.91. The van der Waals surface area contributed by atoms with Gasteiger partial charge in [0.05, 0.1) is 31.3 Å². The second-order valence-electron chi connectivity index (χ2n) is 6.76. The van der Waals surface area contributed by atoms with Gasteiger partial charge in [-0.15, -0.1) is 11.3 Å². The molecule has 11 nitrogen and oxygen atoms in total. The van der Waals surface area contributed by atoms with Crippen molar-refractivity contribution in [3.63, 3.8) is 0 Å². The molecule has 1 saturated heterocycles. The van der Waals surface area contributed by atoms with Crippen LogP contribution < -0.4 is 5.32 Å². The summed E-state index contributed by atoms with van der Waals surface area (Å²) in [4.78, 5) is 39.7. The molecule has 1 amide bonds. The number of rotatable bonds is 8. The molecule has 0 aromatic carbocycles. The highest BCUT2D eigenvalue weighted by Gasteiger charge is 2.49. The molecular weight excluding hydrogens is 427 g/mol. The van der Waals surface area contributed by atoms with Crippen LogP contribution >= 0.6 is 19.2 Å². The number of phosphoric ester groups is 1. The van der Waals surface area contributed by atoms with E-state index >= 15 is 0 Å². The lowest BCUT2D eigenvalue weighted by Crippen LogP contribution is -2.50. The number of amides is 1. The van der Waals surface area contributed by atoms with Gasteiger partial charge >= 0.3 is 19.8 Å². The van der Waals surface area contributed by atoms with Crippen molar-refractivity contribution in [1.82, 2.24) is 10.3 Å². The van der Waals surface area contributed by atoms with Gasteiger partial charge in [0.15, 0.2) is 6.10 Å². The molecule has 13 heteroatoms. The molecule has 162 valence electrons. The summed E-state index contributed by atoms with van der Waals surface area (Å²) in [6.45, 7) is 4.27. The number of methoxy groups -OCH3 is 1. The van der Waals surface area contributed by atoms with Gasteiger partial charge in [-0.2, -0.15) is 0 Å². The van der Waals surface area contributed by atoms with E-state index in [4.69, 9.17) is 18.3 Å². The van der Waals surface area contributed by atoms with Crippen LogP contribution in [0.3, 0.4) is 0 Å². The molecule has 0 aliphatic carbocycles. The molecular formula is C16H23N2O9PS. The first-order valence-corrected chi connectivity index (χ1v) is 10.9. The number of thiazole rings is 1. The number of aromatic nitrogens is 1. The van der Waals surface area contributed by atoms with Crippen molar-refractivity contribution in [2.24, 2.45) is 5.41 Å². The van der Waals surface area contributed by atoms with Crippen LogP contribution in [0.15, 0.2) is 5.51 Å². The Labute approximate surface area is 171 Å². The summed E-state index contributed by atoms with van der Waals surface area (Å²) in [5.41, 5.74) is 1.18. The monoisotopic (exact) mass is 450 g/mol. The maximum absolute atomic E-state index is 12.7. The lowest BCUT2D eigenvalue weighted by atomic mass is 9.87. The number of carbonyl (C=O) groups is 3. The fourth-order valence-electron chi connectivity index (χ4n) is 2.28. The summed E-state index contributed by atoms with van der Waals surface area (Å²) in [5.74, 6) is -1.75. The number of esters is 2. The van der Waals surface area contributed by atoms with Crippen LogP contribution in [0.1, 0.15) is 35.6 Å². The van der Waals surface area contributed by atoms with Gasteiger partial charge in [0.2, 0.25) is 12.7 Å². The first-order chi connectivity index (χ1) is 13.6. The number of aryl methyl sites for hydroxylation is 1. The average Bonchev–Trinajstić information content (AvgIpc) is 3.09. The van der Waals surface area contributed by atoms with Crippen LogP contribution in [-0.2, 0) is 37.2 Å². The van der Waals surface area contributed by atoms with Gasteiger partial charge in [-0.05, 0) is 6.92 Å². The maximum atomic E-state index is 12.7. The zero-order chi connectivity index (χ0) is 21.7. The Morgan fingerprint density at radius 3 is 2.76 bits per heavy atom. The first-order valence-electron chi connectivity index (χ1n) is 8.57. The van der Waals surface area contributed by atoms with Crippen LogP contribution in [0.2, 0.25) is 0 Å². The molecule has 0 radical (unpaired) electrons. The summed E-state index contributed by atoms with van der Waals surface area (Å²) in [6, 6.07) is 0. The van der Waals surface area contributed by atoms with E-state index in [0.717, 1.165) is 11.3 Å². The van der Waals surface area contributed by atoms with Crippen LogP contribution in [0.5, 0.6) is 0 Å². The SMILES string of the molecule is COC(=O)CCNC(=O)[C@@H]1O[P@@](=O)(OCOC(=O)c2scnc2C)OCC1(C)C. The molecule has 2 atom stereocenters. The summed E-state index contributed by atoms with van der Waals surface area (Å²) < 4.78 is 37.6. The number of ether oxygens (including phenoxy) is 2. The molecule has 1 aliphatic rings. The van der Waals surface area contributed by atoms with E-state index in [2.05, 4.69) is 15.0 Å².